The molecule has 0 heterocycles. The second-order valence-electron chi connectivity index (χ2n) is 5.94. The summed E-state index contributed by atoms with van der Waals surface area (Å²) < 4.78 is 0. The summed E-state index contributed by atoms with van der Waals surface area (Å²) in [6.45, 7) is 2.33. The zero-order chi connectivity index (χ0) is 17.0. The Morgan fingerprint density at radius 1 is 0.800 bits per heavy atom. The Morgan fingerprint density at radius 3 is 1.64 bits per heavy atom. The largest absolute Gasteiger partial charge is 0.269 e. The van der Waals surface area contributed by atoms with Gasteiger partial charge >= 0.3 is 0 Å². The topological polar surface area (TPSA) is 43.1 Å². The van der Waals surface area contributed by atoms with Gasteiger partial charge in [0, 0.05) is 12.1 Å². The molecule has 0 aliphatic rings. The first-order chi connectivity index (χ1) is 11.6. The van der Waals surface area contributed by atoms with Gasteiger partial charge in [-0.2, -0.15) is 0 Å². The lowest BCUT2D eigenvalue weighted by atomic mass is 10.2. The molecule has 0 fully saturated rings. The second-order valence-corrected chi connectivity index (χ2v) is 9.68. The van der Waals surface area contributed by atoms with E-state index in [1.54, 1.807) is 12.1 Å². The number of halogens is 1. The average Bonchev–Trinajstić information content (AvgIpc) is 2.63. The molecule has 0 spiro atoms. The molecule has 0 N–H and O–H groups in total. The Hall–Kier alpha value is -2.03. The summed E-state index contributed by atoms with van der Waals surface area (Å²) in [5, 5.41) is 13.5. The first kappa shape index (κ1) is 19.3. The molecule has 0 aliphatic heterocycles. The zero-order valence-corrected chi connectivity index (χ0v) is 16.5. The first-order valence-electron chi connectivity index (χ1n) is 7.80. The lowest BCUT2D eigenvalue weighted by molar-refractivity contribution is -0.384. The highest BCUT2D eigenvalue weighted by atomic mass is 79.9. The molecule has 0 radical (unpaired) electrons. The van der Waals surface area contributed by atoms with Gasteiger partial charge in [-0.25, -0.2) is 0 Å². The van der Waals surface area contributed by atoms with E-state index in [9.17, 15) is 10.1 Å². The predicted octanol–water partition coefficient (Wildman–Crippen LogP) is 4.97. The van der Waals surface area contributed by atoms with Crippen molar-refractivity contribution >= 4 is 40.5 Å². The summed E-state index contributed by atoms with van der Waals surface area (Å²) in [6, 6.07) is 28.1. The molecule has 3 aromatic carbocycles. The van der Waals surface area contributed by atoms with Crippen molar-refractivity contribution in [1.29, 1.82) is 0 Å². The highest BCUT2D eigenvalue weighted by Gasteiger charge is 2.37. The van der Waals surface area contributed by atoms with Crippen LogP contribution in [0.15, 0.2) is 84.9 Å². The van der Waals surface area contributed by atoms with Crippen LogP contribution in [0.1, 0.15) is 5.56 Å². The minimum atomic E-state index is -1.60. The lowest BCUT2D eigenvalue weighted by Crippen LogP contribution is -2.22. The summed E-state index contributed by atoms with van der Waals surface area (Å²) in [7, 11) is -1.60. The fraction of sp³-hybridized carbons (Fsp3) is 0.100. The van der Waals surface area contributed by atoms with Gasteiger partial charge in [-0.15, -0.1) is 17.0 Å². The number of hydrogen-bond donors (Lipinski definition) is 0. The van der Waals surface area contributed by atoms with Crippen LogP contribution in [0.2, 0.25) is 0 Å². The fourth-order valence-electron chi connectivity index (χ4n) is 2.93. The number of rotatable bonds is 5. The van der Waals surface area contributed by atoms with Gasteiger partial charge in [0.1, 0.15) is 0 Å². The molecule has 0 unspecified atom stereocenters. The predicted molar refractivity (Wildman–Crippen MR) is 112 cm³/mol. The molecular formula is C20H20BrNO2P+. The molecule has 3 nitrogen and oxygen atoms in total. The highest BCUT2D eigenvalue weighted by molar-refractivity contribution is 8.93. The van der Waals surface area contributed by atoms with Crippen LogP contribution in [-0.4, -0.2) is 11.6 Å². The summed E-state index contributed by atoms with van der Waals surface area (Å²) in [5.74, 6) is 0. The molecule has 0 saturated carbocycles. The summed E-state index contributed by atoms with van der Waals surface area (Å²) >= 11 is 0. The van der Waals surface area contributed by atoms with Gasteiger partial charge in [-0.05, 0) is 42.0 Å². The van der Waals surface area contributed by atoms with Crippen molar-refractivity contribution in [3.63, 3.8) is 0 Å². The van der Waals surface area contributed by atoms with E-state index in [0.717, 1.165) is 11.7 Å². The molecule has 3 aromatic rings. The van der Waals surface area contributed by atoms with Gasteiger partial charge in [0.05, 0.1) is 35.6 Å². The molecular weight excluding hydrogens is 397 g/mol. The molecule has 25 heavy (non-hydrogen) atoms. The molecule has 3 rings (SSSR count). The molecule has 128 valence electrons. The molecule has 0 bridgehead atoms. The molecule has 0 saturated heterocycles. The minimum Gasteiger partial charge on any atom is -0.258 e. The normalized spacial score (nSPS) is 10.8. The molecule has 0 aromatic heterocycles. The maximum atomic E-state index is 10.9. The lowest BCUT2D eigenvalue weighted by Gasteiger charge is -2.23. The molecule has 5 heteroatoms. The summed E-state index contributed by atoms with van der Waals surface area (Å²) in [4.78, 5) is 10.5. The third-order valence-corrected chi connectivity index (χ3v) is 8.17. The number of benzene rings is 3. The van der Waals surface area contributed by atoms with Crippen LogP contribution in [0.5, 0.6) is 0 Å². The van der Waals surface area contributed by atoms with E-state index in [4.69, 9.17) is 0 Å². The molecule has 0 amide bonds. The highest BCUT2D eigenvalue weighted by Crippen LogP contribution is 2.55. The number of hydrogen-bond acceptors (Lipinski definition) is 2. The van der Waals surface area contributed by atoms with Gasteiger partial charge < -0.3 is 0 Å². The van der Waals surface area contributed by atoms with E-state index in [0.29, 0.717) is 0 Å². The van der Waals surface area contributed by atoms with E-state index in [2.05, 4.69) is 55.2 Å². The van der Waals surface area contributed by atoms with Crippen LogP contribution in [0.4, 0.5) is 5.69 Å². The number of nitro benzene ring substituents is 1. The van der Waals surface area contributed by atoms with E-state index in [-0.39, 0.29) is 27.6 Å². The Balaban J connectivity index is 0.00000225. The fourth-order valence-corrected chi connectivity index (χ4v) is 6.20. The quantitative estimate of drug-likeness (QED) is 0.334. The number of nitrogens with zero attached hydrogens (tertiary/aromatic N) is 1. The first-order valence-corrected chi connectivity index (χ1v) is 10.2. The van der Waals surface area contributed by atoms with Crippen LogP contribution in [0, 0.1) is 10.1 Å². The van der Waals surface area contributed by atoms with Crippen molar-refractivity contribution in [3.8, 4) is 0 Å². The van der Waals surface area contributed by atoms with Gasteiger partial charge in [-0.3, -0.25) is 10.1 Å². The van der Waals surface area contributed by atoms with Crippen LogP contribution >= 0.6 is 24.2 Å². The SMILES string of the molecule is Br.C[P+](Cc1ccc([N+](=O)[O-])cc1)(c1ccccc1)c1ccccc1. The van der Waals surface area contributed by atoms with Crippen LogP contribution < -0.4 is 10.6 Å². The third-order valence-electron chi connectivity index (χ3n) is 4.30. The smallest absolute Gasteiger partial charge is 0.258 e. The van der Waals surface area contributed by atoms with Crippen LogP contribution in [0.3, 0.4) is 0 Å². The van der Waals surface area contributed by atoms with Gasteiger partial charge in [0.2, 0.25) is 0 Å². The van der Waals surface area contributed by atoms with Crippen molar-refractivity contribution in [2.75, 3.05) is 6.66 Å². The Labute approximate surface area is 159 Å². The van der Waals surface area contributed by atoms with Crippen molar-refractivity contribution < 1.29 is 4.92 Å². The van der Waals surface area contributed by atoms with E-state index in [1.165, 1.54) is 10.6 Å². The second kappa shape index (κ2) is 8.37. The van der Waals surface area contributed by atoms with Gasteiger partial charge in [0.25, 0.3) is 5.69 Å². The maximum absolute atomic E-state index is 10.9. The average molecular weight is 417 g/mol. The standard InChI is InChI=1S/C20H19NO2P.BrH/c1-24(19-8-4-2-5-9-19,20-10-6-3-7-11-20)16-17-12-14-18(15-13-17)21(22)23;/h2-15H,16H2,1H3;1H/q+1;. The van der Waals surface area contributed by atoms with E-state index >= 15 is 0 Å². The van der Waals surface area contributed by atoms with Crippen molar-refractivity contribution in [1.82, 2.24) is 0 Å². The maximum Gasteiger partial charge on any atom is 0.269 e. The number of nitro groups is 1. The zero-order valence-electron chi connectivity index (χ0n) is 13.9. The Morgan fingerprint density at radius 2 is 1.24 bits per heavy atom. The number of non-ortho nitro benzene ring substituents is 1. The van der Waals surface area contributed by atoms with Crippen molar-refractivity contribution in [2.45, 2.75) is 6.16 Å². The van der Waals surface area contributed by atoms with Crippen LogP contribution in [0.25, 0.3) is 0 Å². The Bertz CT molecular complexity index is 784. The third kappa shape index (κ3) is 4.33. The summed E-state index contributed by atoms with van der Waals surface area (Å²) in [6.07, 6.45) is 0.888. The summed E-state index contributed by atoms with van der Waals surface area (Å²) in [5.41, 5.74) is 1.27. The molecule has 0 aliphatic carbocycles. The van der Waals surface area contributed by atoms with Gasteiger partial charge in [0.15, 0.2) is 0 Å². The van der Waals surface area contributed by atoms with Crippen molar-refractivity contribution in [3.05, 3.63) is 101 Å². The van der Waals surface area contributed by atoms with Crippen LogP contribution in [-0.2, 0) is 6.16 Å². The van der Waals surface area contributed by atoms with E-state index < -0.39 is 7.26 Å². The monoisotopic (exact) mass is 416 g/mol. The van der Waals surface area contributed by atoms with Gasteiger partial charge in [-0.1, -0.05) is 36.4 Å². The van der Waals surface area contributed by atoms with E-state index in [1.807, 2.05) is 24.3 Å². The van der Waals surface area contributed by atoms with Crippen molar-refractivity contribution in [2.24, 2.45) is 0 Å². The Kier molecular flexibility index (Phi) is 6.46. The molecule has 0 atom stereocenters. The minimum absolute atomic E-state index is 0.